The third kappa shape index (κ3) is 3.70. The third-order valence-corrected chi connectivity index (χ3v) is 7.29. The number of likely N-dealkylation sites (tertiary alicyclic amines) is 1. The molecule has 0 radical (unpaired) electrons. The van der Waals surface area contributed by atoms with Gasteiger partial charge in [-0.3, -0.25) is 9.30 Å². The molecule has 7 heteroatoms. The molecule has 1 unspecified atom stereocenters. The Kier molecular flexibility index (Phi) is 5.21. The van der Waals surface area contributed by atoms with Crippen LogP contribution in [0.4, 0.5) is 11.8 Å². The summed E-state index contributed by atoms with van der Waals surface area (Å²) in [7, 11) is 0. The topological polar surface area (TPSA) is 61.6 Å². The maximum Gasteiger partial charge on any atom is 0.212 e. The highest BCUT2D eigenvalue weighted by Crippen LogP contribution is 2.36. The molecule has 0 spiro atoms. The monoisotopic (exact) mass is 453 g/mol. The normalized spacial score (nSPS) is 21.0. The third-order valence-electron chi connectivity index (χ3n) is 7.29. The number of piperazine rings is 1. The second kappa shape index (κ2) is 8.40. The second-order valence-electron chi connectivity index (χ2n) is 9.79. The highest BCUT2D eigenvalue weighted by Gasteiger charge is 2.45. The van der Waals surface area contributed by atoms with Crippen molar-refractivity contribution in [2.75, 3.05) is 23.3 Å². The summed E-state index contributed by atoms with van der Waals surface area (Å²) < 4.78 is 2.13. The van der Waals surface area contributed by atoms with Gasteiger partial charge in [-0.15, -0.1) is 0 Å². The first-order chi connectivity index (χ1) is 16.6. The molecule has 2 aliphatic heterocycles. The van der Waals surface area contributed by atoms with E-state index < -0.39 is 0 Å². The van der Waals surface area contributed by atoms with E-state index in [0.717, 1.165) is 41.8 Å². The Balaban J connectivity index is 1.31. The van der Waals surface area contributed by atoms with Crippen LogP contribution < -0.4 is 10.2 Å². The molecule has 0 aliphatic carbocycles. The molecule has 7 nitrogen and oxygen atoms in total. The van der Waals surface area contributed by atoms with E-state index in [9.17, 15) is 0 Å². The zero-order valence-corrected chi connectivity index (χ0v) is 20.0. The van der Waals surface area contributed by atoms with E-state index in [4.69, 9.17) is 4.98 Å². The van der Waals surface area contributed by atoms with Crippen molar-refractivity contribution in [1.82, 2.24) is 24.3 Å². The molecule has 1 aromatic carbocycles. The summed E-state index contributed by atoms with van der Waals surface area (Å²) in [6, 6.07) is 18.5. The van der Waals surface area contributed by atoms with Crippen LogP contribution in [0.25, 0.3) is 16.9 Å². The van der Waals surface area contributed by atoms with E-state index in [1.165, 1.54) is 12.0 Å². The van der Waals surface area contributed by atoms with Gasteiger partial charge in [0.25, 0.3) is 0 Å². The second-order valence-corrected chi connectivity index (χ2v) is 9.79. The number of nitrogens with zero attached hydrogens (tertiary/aromatic N) is 6. The summed E-state index contributed by atoms with van der Waals surface area (Å²) >= 11 is 0. The van der Waals surface area contributed by atoms with Crippen LogP contribution in [0, 0.1) is 0 Å². The molecule has 34 heavy (non-hydrogen) atoms. The molecule has 2 aliphatic rings. The molecule has 5 heterocycles. The van der Waals surface area contributed by atoms with Crippen molar-refractivity contribution >= 4 is 17.4 Å². The number of benzene rings is 1. The van der Waals surface area contributed by atoms with Gasteiger partial charge in [0, 0.05) is 67.5 Å². The van der Waals surface area contributed by atoms with Gasteiger partial charge in [0.05, 0.1) is 5.69 Å². The molecule has 6 rings (SSSR count). The number of imidazole rings is 1. The van der Waals surface area contributed by atoms with E-state index in [1.54, 1.807) is 0 Å². The lowest BCUT2D eigenvalue weighted by Crippen LogP contribution is -2.49. The predicted octanol–water partition coefficient (Wildman–Crippen LogP) is 4.64. The van der Waals surface area contributed by atoms with Crippen LogP contribution in [-0.4, -0.2) is 55.5 Å². The molecule has 2 bridgehead atoms. The molecule has 1 N–H and O–H groups in total. The van der Waals surface area contributed by atoms with Crippen molar-refractivity contribution < 1.29 is 0 Å². The summed E-state index contributed by atoms with van der Waals surface area (Å²) in [5, 5.41) is 3.53. The first-order valence-electron chi connectivity index (χ1n) is 12.2. The SMILES string of the molecule is CC(Nc1cc(-c2cc3nccn3c(N3C[C@@H]4C[C@H]3CN4C(C)C)n2)ccn1)c1ccccc1. The number of nitrogens with one attached hydrogen (secondary N) is 1. The number of pyridine rings is 1. The van der Waals surface area contributed by atoms with Gasteiger partial charge in [0.2, 0.25) is 5.95 Å². The highest BCUT2D eigenvalue weighted by molar-refractivity contribution is 5.68. The zero-order valence-electron chi connectivity index (χ0n) is 20.0. The average Bonchev–Trinajstić information content (AvgIpc) is 3.60. The lowest BCUT2D eigenvalue weighted by molar-refractivity contribution is 0.190. The van der Waals surface area contributed by atoms with Crippen molar-refractivity contribution in [2.24, 2.45) is 0 Å². The van der Waals surface area contributed by atoms with E-state index in [-0.39, 0.29) is 6.04 Å². The lowest BCUT2D eigenvalue weighted by Gasteiger charge is -2.37. The molecular formula is C27H31N7. The summed E-state index contributed by atoms with van der Waals surface area (Å²) in [6.45, 7) is 8.87. The van der Waals surface area contributed by atoms with Crippen molar-refractivity contribution in [3.63, 3.8) is 0 Å². The van der Waals surface area contributed by atoms with Gasteiger partial charge in [-0.25, -0.2) is 15.0 Å². The minimum atomic E-state index is 0.159. The Morgan fingerprint density at radius 3 is 2.56 bits per heavy atom. The smallest absolute Gasteiger partial charge is 0.212 e. The van der Waals surface area contributed by atoms with Crippen molar-refractivity contribution in [3.05, 3.63) is 72.7 Å². The number of hydrogen-bond acceptors (Lipinski definition) is 6. The van der Waals surface area contributed by atoms with E-state index >= 15 is 0 Å². The van der Waals surface area contributed by atoms with Crippen LogP contribution in [-0.2, 0) is 0 Å². The van der Waals surface area contributed by atoms with Crippen LogP contribution in [0.2, 0.25) is 0 Å². The number of fused-ring (bicyclic) bond motifs is 3. The van der Waals surface area contributed by atoms with Crippen LogP contribution in [0.5, 0.6) is 0 Å². The van der Waals surface area contributed by atoms with Crippen LogP contribution >= 0.6 is 0 Å². The van der Waals surface area contributed by atoms with Crippen LogP contribution in [0.15, 0.2) is 67.1 Å². The van der Waals surface area contributed by atoms with Gasteiger partial charge in [-0.2, -0.15) is 0 Å². The Labute approximate surface area is 200 Å². The average molecular weight is 454 g/mol. The van der Waals surface area contributed by atoms with Gasteiger partial charge < -0.3 is 10.2 Å². The molecule has 2 saturated heterocycles. The number of anilines is 2. The fourth-order valence-corrected chi connectivity index (χ4v) is 5.55. The molecule has 3 aromatic heterocycles. The van der Waals surface area contributed by atoms with Gasteiger partial charge in [-0.1, -0.05) is 30.3 Å². The van der Waals surface area contributed by atoms with E-state index in [0.29, 0.717) is 18.1 Å². The standard InChI is InChI=1S/C27H31N7/c1-18(2)33-16-23-14-22(33)17-34(23)27-31-24(15-26-29-11-12-32(26)27)21-9-10-28-25(13-21)30-19(3)20-7-5-4-6-8-20/h4-13,15,18-19,22-23H,14,16-17H2,1-3H3,(H,28,30)/t19?,22-,23-/m0/s1. The Morgan fingerprint density at radius 2 is 1.79 bits per heavy atom. The number of hydrogen-bond donors (Lipinski definition) is 1. The molecule has 2 fully saturated rings. The summed E-state index contributed by atoms with van der Waals surface area (Å²) in [5.74, 6) is 1.83. The van der Waals surface area contributed by atoms with Gasteiger partial charge in [-0.05, 0) is 44.9 Å². The first kappa shape index (κ1) is 21.1. The molecule has 0 amide bonds. The zero-order chi connectivity index (χ0) is 23.2. The number of aromatic nitrogens is 4. The lowest BCUT2D eigenvalue weighted by atomic mass is 10.1. The Hall–Kier alpha value is -3.45. The molecule has 0 saturated carbocycles. The molecule has 3 atom stereocenters. The van der Waals surface area contributed by atoms with Gasteiger partial charge in [0.1, 0.15) is 11.5 Å². The minimum absolute atomic E-state index is 0.159. The van der Waals surface area contributed by atoms with E-state index in [2.05, 4.69) is 86.7 Å². The summed E-state index contributed by atoms with van der Waals surface area (Å²) in [4.78, 5) is 19.5. The quantitative estimate of drug-likeness (QED) is 0.459. The van der Waals surface area contributed by atoms with Crippen LogP contribution in [0.3, 0.4) is 0 Å². The molecular weight excluding hydrogens is 422 g/mol. The largest absolute Gasteiger partial charge is 0.364 e. The summed E-state index contributed by atoms with van der Waals surface area (Å²) in [6.07, 6.45) is 6.95. The van der Waals surface area contributed by atoms with Crippen molar-refractivity contribution in [2.45, 2.75) is 51.4 Å². The van der Waals surface area contributed by atoms with Gasteiger partial charge in [0.15, 0.2) is 0 Å². The fraction of sp³-hybridized carbons (Fsp3) is 0.370. The number of rotatable bonds is 6. The van der Waals surface area contributed by atoms with E-state index in [1.807, 2.05) is 30.7 Å². The maximum absolute atomic E-state index is 5.17. The highest BCUT2D eigenvalue weighted by atomic mass is 15.4. The Morgan fingerprint density at radius 1 is 0.941 bits per heavy atom. The van der Waals surface area contributed by atoms with Crippen LogP contribution in [0.1, 0.15) is 38.8 Å². The predicted molar refractivity (Wildman–Crippen MR) is 136 cm³/mol. The van der Waals surface area contributed by atoms with Gasteiger partial charge >= 0.3 is 0 Å². The fourth-order valence-electron chi connectivity index (χ4n) is 5.55. The Bertz CT molecular complexity index is 1300. The maximum atomic E-state index is 5.17. The first-order valence-corrected chi connectivity index (χ1v) is 12.2. The molecule has 4 aromatic rings. The van der Waals surface area contributed by atoms with Crippen molar-refractivity contribution in [3.8, 4) is 11.3 Å². The minimum Gasteiger partial charge on any atom is -0.364 e. The summed E-state index contributed by atoms with van der Waals surface area (Å²) in [5.41, 5.74) is 4.12. The molecule has 174 valence electrons. The van der Waals surface area contributed by atoms with Crippen molar-refractivity contribution in [1.29, 1.82) is 0 Å².